The van der Waals surface area contributed by atoms with Crippen molar-refractivity contribution in [2.75, 3.05) is 20.8 Å². The molecule has 1 N–H and O–H groups in total. The molecule has 0 saturated heterocycles. The van der Waals surface area contributed by atoms with E-state index in [1.54, 1.807) is 6.92 Å². The Morgan fingerprint density at radius 1 is 1.30 bits per heavy atom. The lowest BCUT2D eigenvalue weighted by atomic mass is 10.1. The second-order valence-corrected chi connectivity index (χ2v) is 4.19. The summed E-state index contributed by atoms with van der Waals surface area (Å²) in [6.45, 7) is 1.76. The van der Waals surface area contributed by atoms with E-state index < -0.39 is 10.9 Å². The maximum Gasteiger partial charge on any atom is 0.361 e. The molecule has 1 aromatic heterocycles. The fourth-order valence-corrected chi connectivity index (χ4v) is 2.04. The number of H-pyrrole nitrogens is 1. The van der Waals surface area contributed by atoms with Crippen molar-refractivity contribution in [2.45, 2.75) is 6.92 Å². The number of nitro groups is 1. The lowest BCUT2D eigenvalue weighted by Gasteiger charge is -2.12. The lowest BCUT2D eigenvalue weighted by molar-refractivity contribution is -0.384. The van der Waals surface area contributed by atoms with Crippen LogP contribution < -0.4 is 9.47 Å². The number of aromatic amines is 1. The van der Waals surface area contributed by atoms with Gasteiger partial charge in [-0.25, -0.2) is 4.79 Å². The zero-order valence-corrected chi connectivity index (χ0v) is 12.7. The molecule has 0 unspecified atom stereocenters. The second-order valence-electron chi connectivity index (χ2n) is 4.19. The van der Waals surface area contributed by atoms with Gasteiger partial charge in [-0.2, -0.15) is 10.3 Å². The van der Waals surface area contributed by atoms with E-state index >= 15 is 0 Å². The molecule has 0 atom stereocenters. The molecule has 0 spiro atoms. The normalized spacial score (nSPS) is 10.2. The average Bonchev–Trinajstić information content (AvgIpc) is 3.02. The predicted molar refractivity (Wildman–Crippen MR) is 77.5 cm³/mol. The summed E-state index contributed by atoms with van der Waals surface area (Å²) in [5, 5.41) is 21.2. The van der Waals surface area contributed by atoms with Crippen LogP contribution in [0.2, 0.25) is 0 Å². The van der Waals surface area contributed by atoms with Gasteiger partial charge in [0.1, 0.15) is 11.3 Å². The third-order valence-electron chi connectivity index (χ3n) is 2.97. The summed E-state index contributed by atoms with van der Waals surface area (Å²) < 4.78 is 15.2. The number of hydrogen-bond acceptors (Lipinski definition) is 8. The van der Waals surface area contributed by atoms with Crippen LogP contribution in [-0.2, 0) is 4.74 Å². The molecule has 0 aliphatic rings. The fourth-order valence-electron chi connectivity index (χ4n) is 2.04. The van der Waals surface area contributed by atoms with Gasteiger partial charge in [0.25, 0.3) is 5.69 Å². The monoisotopic (exact) mass is 322 g/mol. The van der Waals surface area contributed by atoms with E-state index in [0.717, 1.165) is 0 Å². The van der Waals surface area contributed by atoms with Crippen LogP contribution in [0.15, 0.2) is 12.1 Å². The lowest BCUT2D eigenvalue weighted by Crippen LogP contribution is -2.08. The van der Waals surface area contributed by atoms with Crippen LogP contribution in [0.5, 0.6) is 11.5 Å². The van der Waals surface area contributed by atoms with Crippen molar-refractivity contribution in [1.29, 1.82) is 0 Å². The molecular weight excluding hydrogens is 308 g/mol. The predicted octanol–water partition coefficient (Wildman–Crippen LogP) is 1.57. The van der Waals surface area contributed by atoms with Crippen molar-refractivity contribution in [3.8, 4) is 22.8 Å². The summed E-state index contributed by atoms with van der Waals surface area (Å²) in [5.41, 5.74) is -0.553. The van der Waals surface area contributed by atoms with Gasteiger partial charge in [0.15, 0.2) is 17.2 Å². The molecule has 0 fully saturated rings. The first kappa shape index (κ1) is 16.2. The highest BCUT2D eigenvalue weighted by Gasteiger charge is 2.31. The Morgan fingerprint density at radius 2 is 2.04 bits per heavy atom. The Balaban J connectivity index is 2.74. The molecule has 0 bridgehead atoms. The van der Waals surface area contributed by atoms with Crippen LogP contribution in [0, 0.1) is 10.1 Å². The molecule has 0 aliphatic carbocycles. The van der Waals surface area contributed by atoms with Gasteiger partial charge in [0, 0.05) is 6.07 Å². The third-order valence-corrected chi connectivity index (χ3v) is 2.97. The molecule has 0 radical (unpaired) electrons. The van der Waals surface area contributed by atoms with Crippen molar-refractivity contribution in [3.63, 3.8) is 0 Å². The van der Waals surface area contributed by atoms with Gasteiger partial charge in [0.05, 0.1) is 25.7 Å². The fraction of sp³-hybridized carbons (Fsp3) is 0.308. The Labute approximate surface area is 130 Å². The molecule has 0 amide bonds. The standard InChI is InChI=1S/C13H14N4O6/c1-4-23-13(18)11-10(14-16-15-11)9-7(17(19)20)5-6-8(21-2)12(9)22-3/h5-6H,4H2,1-3H3,(H,14,15,16). The number of nitrogens with zero attached hydrogens (tertiary/aromatic N) is 3. The van der Waals surface area contributed by atoms with E-state index in [-0.39, 0.29) is 40.7 Å². The summed E-state index contributed by atoms with van der Waals surface area (Å²) in [7, 11) is 2.72. The molecule has 0 aliphatic heterocycles. The topological polar surface area (TPSA) is 129 Å². The number of carbonyl (C=O) groups is 1. The number of carbonyl (C=O) groups excluding carboxylic acids is 1. The molecule has 2 rings (SSSR count). The van der Waals surface area contributed by atoms with Gasteiger partial charge < -0.3 is 14.2 Å². The van der Waals surface area contributed by atoms with Gasteiger partial charge in [-0.15, -0.1) is 5.10 Å². The quantitative estimate of drug-likeness (QED) is 0.482. The summed E-state index contributed by atoms with van der Waals surface area (Å²) in [5.74, 6) is -0.428. The number of rotatable bonds is 6. The van der Waals surface area contributed by atoms with Crippen molar-refractivity contribution in [3.05, 3.63) is 27.9 Å². The number of aromatic nitrogens is 3. The molecular formula is C13H14N4O6. The molecule has 2 aromatic rings. The van der Waals surface area contributed by atoms with Gasteiger partial charge >= 0.3 is 5.97 Å². The highest BCUT2D eigenvalue weighted by Crippen LogP contribution is 2.44. The summed E-state index contributed by atoms with van der Waals surface area (Å²) in [6, 6.07) is 2.63. The largest absolute Gasteiger partial charge is 0.493 e. The van der Waals surface area contributed by atoms with Crippen molar-refractivity contribution in [2.24, 2.45) is 0 Å². The highest BCUT2D eigenvalue weighted by molar-refractivity contribution is 5.97. The average molecular weight is 322 g/mol. The van der Waals surface area contributed by atoms with Crippen LogP contribution in [0.4, 0.5) is 5.69 Å². The first-order chi connectivity index (χ1) is 11.0. The molecule has 1 heterocycles. The van der Waals surface area contributed by atoms with Crippen LogP contribution in [-0.4, -0.2) is 47.1 Å². The zero-order valence-electron chi connectivity index (χ0n) is 12.7. The maximum absolute atomic E-state index is 11.9. The molecule has 10 heteroatoms. The van der Waals surface area contributed by atoms with Crippen molar-refractivity contribution < 1.29 is 23.9 Å². The van der Waals surface area contributed by atoms with Crippen molar-refractivity contribution >= 4 is 11.7 Å². The number of hydrogen-bond donors (Lipinski definition) is 1. The van der Waals surface area contributed by atoms with Gasteiger partial charge in [-0.1, -0.05) is 0 Å². The maximum atomic E-state index is 11.9. The van der Waals surface area contributed by atoms with Crippen LogP contribution in [0.3, 0.4) is 0 Å². The molecule has 10 nitrogen and oxygen atoms in total. The van der Waals surface area contributed by atoms with E-state index in [4.69, 9.17) is 14.2 Å². The first-order valence-electron chi connectivity index (χ1n) is 6.52. The number of benzene rings is 1. The van der Waals surface area contributed by atoms with E-state index in [1.165, 1.54) is 26.4 Å². The Hall–Kier alpha value is -3.17. The smallest absolute Gasteiger partial charge is 0.361 e. The van der Waals surface area contributed by atoms with Crippen LogP contribution >= 0.6 is 0 Å². The minimum absolute atomic E-state index is 0.0198. The van der Waals surface area contributed by atoms with Gasteiger partial charge in [-0.05, 0) is 13.0 Å². The molecule has 122 valence electrons. The number of ether oxygens (including phenoxy) is 3. The SMILES string of the molecule is CCOC(=O)c1n[nH]nc1-c1c([N+](=O)[O-])ccc(OC)c1OC. The van der Waals surface area contributed by atoms with Crippen molar-refractivity contribution in [1.82, 2.24) is 15.4 Å². The second kappa shape index (κ2) is 6.73. The minimum atomic E-state index is -0.754. The number of nitrogens with one attached hydrogen (secondary N) is 1. The van der Waals surface area contributed by atoms with Crippen LogP contribution in [0.25, 0.3) is 11.3 Å². The van der Waals surface area contributed by atoms with Gasteiger partial charge in [0.2, 0.25) is 0 Å². The molecule has 23 heavy (non-hydrogen) atoms. The van der Waals surface area contributed by atoms with E-state index in [1.807, 2.05) is 0 Å². The van der Waals surface area contributed by atoms with E-state index in [0.29, 0.717) is 0 Å². The summed E-state index contributed by atoms with van der Waals surface area (Å²) in [4.78, 5) is 22.7. The summed E-state index contributed by atoms with van der Waals surface area (Å²) >= 11 is 0. The Morgan fingerprint density at radius 3 is 2.61 bits per heavy atom. The van der Waals surface area contributed by atoms with Gasteiger partial charge in [-0.3, -0.25) is 10.1 Å². The molecule has 0 saturated carbocycles. The number of esters is 1. The number of nitro benzene ring substituents is 1. The minimum Gasteiger partial charge on any atom is -0.493 e. The van der Waals surface area contributed by atoms with E-state index in [2.05, 4.69) is 15.4 Å². The Kier molecular flexibility index (Phi) is 4.74. The third kappa shape index (κ3) is 2.91. The van der Waals surface area contributed by atoms with E-state index in [9.17, 15) is 14.9 Å². The Bertz CT molecular complexity index is 742. The summed E-state index contributed by atoms with van der Waals surface area (Å²) in [6.07, 6.45) is 0. The first-order valence-corrected chi connectivity index (χ1v) is 6.52. The molecule has 1 aromatic carbocycles. The number of methoxy groups -OCH3 is 2. The highest BCUT2D eigenvalue weighted by atomic mass is 16.6. The zero-order chi connectivity index (χ0) is 17.0. The van der Waals surface area contributed by atoms with Crippen LogP contribution in [0.1, 0.15) is 17.4 Å².